The van der Waals surface area contributed by atoms with Gasteiger partial charge in [-0.05, 0) is 37.8 Å². The maximum atomic E-state index is 12.2. The first-order valence-corrected chi connectivity index (χ1v) is 8.34. The third-order valence-electron chi connectivity index (χ3n) is 4.50. The Morgan fingerprint density at radius 3 is 2.86 bits per heavy atom. The summed E-state index contributed by atoms with van der Waals surface area (Å²) >= 11 is 0. The summed E-state index contributed by atoms with van der Waals surface area (Å²) in [6.07, 6.45) is 7.54. The highest BCUT2D eigenvalue weighted by atomic mass is 16.5. The number of ether oxygens (including phenoxy) is 2. The molecule has 1 amide bonds. The first kappa shape index (κ1) is 15.6. The van der Waals surface area contributed by atoms with Crippen molar-refractivity contribution in [3.63, 3.8) is 0 Å². The van der Waals surface area contributed by atoms with Crippen LogP contribution in [-0.4, -0.2) is 49.3 Å². The highest BCUT2D eigenvalue weighted by molar-refractivity contribution is 5.76. The van der Waals surface area contributed by atoms with Crippen LogP contribution in [0.25, 0.3) is 0 Å². The Hall–Kier alpha value is -1.33. The topological polar surface area (TPSA) is 51.9 Å². The summed E-state index contributed by atoms with van der Waals surface area (Å²) in [7, 11) is 0. The number of carbonyl (C=O) groups is 1. The summed E-state index contributed by atoms with van der Waals surface area (Å²) in [5.74, 6) is 1.09. The Labute approximate surface area is 131 Å². The SMILES string of the molecule is O=C(CCc1ccco1)N1CCC(OCC2CCCO2)CC1. The van der Waals surface area contributed by atoms with Gasteiger partial charge in [-0.15, -0.1) is 0 Å². The lowest BCUT2D eigenvalue weighted by molar-refractivity contribution is -0.134. The monoisotopic (exact) mass is 307 g/mol. The summed E-state index contributed by atoms with van der Waals surface area (Å²) in [5.41, 5.74) is 0. The van der Waals surface area contributed by atoms with Gasteiger partial charge in [-0.25, -0.2) is 0 Å². The molecule has 0 aliphatic carbocycles. The van der Waals surface area contributed by atoms with Gasteiger partial charge in [-0.3, -0.25) is 4.79 Å². The van der Waals surface area contributed by atoms with E-state index in [0.29, 0.717) is 19.4 Å². The molecule has 122 valence electrons. The molecule has 1 aromatic heterocycles. The van der Waals surface area contributed by atoms with Gasteiger partial charge in [0.15, 0.2) is 0 Å². The van der Waals surface area contributed by atoms with Gasteiger partial charge in [-0.2, -0.15) is 0 Å². The molecule has 22 heavy (non-hydrogen) atoms. The lowest BCUT2D eigenvalue weighted by atomic mass is 10.1. The number of hydrogen-bond donors (Lipinski definition) is 0. The molecule has 0 N–H and O–H groups in total. The quantitative estimate of drug-likeness (QED) is 0.810. The first-order valence-electron chi connectivity index (χ1n) is 8.34. The minimum absolute atomic E-state index is 0.217. The third-order valence-corrected chi connectivity index (χ3v) is 4.50. The van der Waals surface area contributed by atoms with E-state index in [1.54, 1.807) is 6.26 Å². The Balaban J connectivity index is 1.33. The minimum Gasteiger partial charge on any atom is -0.469 e. The van der Waals surface area contributed by atoms with Crippen molar-refractivity contribution in [3.05, 3.63) is 24.2 Å². The van der Waals surface area contributed by atoms with Crippen molar-refractivity contribution in [3.8, 4) is 0 Å². The molecule has 0 aromatic carbocycles. The number of piperidine rings is 1. The second-order valence-corrected chi connectivity index (χ2v) is 6.13. The number of carbonyl (C=O) groups excluding carboxylic acids is 1. The van der Waals surface area contributed by atoms with E-state index < -0.39 is 0 Å². The van der Waals surface area contributed by atoms with Gasteiger partial charge >= 0.3 is 0 Å². The molecule has 1 aromatic rings. The van der Waals surface area contributed by atoms with Gasteiger partial charge in [0, 0.05) is 32.5 Å². The average molecular weight is 307 g/mol. The van der Waals surface area contributed by atoms with Crippen LogP contribution in [0.3, 0.4) is 0 Å². The molecule has 3 heterocycles. The second-order valence-electron chi connectivity index (χ2n) is 6.13. The van der Waals surface area contributed by atoms with Gasteiger partial charge in [-0.1, -0.05) is 0 Å². The molecule has 2 aliphatic rings. The number of hydrogen-bond acceptors (Lipinski definition) is 4. The summed E-state index contributed by atoms with van der Waals surface area (Å²) in [4.78, 5) is 14.1. The molecule has 1 atom stereocenters. The van der Waals surface area contributed by atoms with Crippen molar-refractivity contribution >= 4 is 5.91 Å². The highest BCUT2D eigenvalue weighted by Gasteiger charge is 2.24. The van der Waals surface area contributed by atoms with Crippen molar-refractivity contribution in [2.75, 3.05) is 26.3 Å². The maximum absolute atomic E-state index is 12.2. The zero-order valence-electron chi connectivity index (χ0n) is 13.0. The van der Waals surface area contributed by atoms with Crippen LogP contribution >= 0.6 is 0 Å². The van der Waals surface area contributed by atoms with Gasteiger partial charge < -0.3 is 18.8 Å². The highest BCUT2D eigenvalue weighted by Crippen LogP contribution is 2.18. The molecule has 2 aliphatic heterocycles. The van der Waals surface area contributed by atoms with Crippen LogP contribution in [0.2, 0.25) is 0 Å². The van der Waals surface area contributed by atoms with Crippen molar-refractivity contribution in [2.24, 2.45) is 0 Å². The van der Waals surface area contributed by atoms with Gasteiger partial charge in [0.2, 0.25) is 5.91 Å². The molecule has 5 heteroatoms. The Kier molecular flexibility index (Phi) is 5.51. The Bertz CT molecular complexity index is 445. The molecule has 0 radical (unpaired) electrons. The van der Waals surface area contributed by atoms with Crippen molar-refractivity contribution in [2.45, 2.75) is 50.7 Å². The lowest BCUT2D eigenvalue weighted by Gasteiger charge is -2.32. The van der Waals surface area contributed by atoms with E-state index >= 15 is 0 Å². The zero-order valence-corrected chi connectivity index (χ0v) is 13.0. The molecular formula is C17H25NO4. The van der Waals surface area contributed by atoms with Crippen LogP contribution in [0.4, 0.5) is 0 Å². The number of likely N-dealkylation sites (tertiary alicyclic amines) is 1. The molecule has 0 saturated carbocycles. The van der Waals surface area contributed by atoms with E-state index in [-0.39, 0.29) is 18.1 Å². The zero-order chi connectivity index (χ0) is 15.2. The van der Waals surface area contributed by atoms with Crippen LogP contribution < -0.4 is 0 Å². The molecule has 0 bridgehead atoms. The summed E-state index contributed by atoms with van der Waals surface area (Å²) in [6.45, 7) is 3.17. The van der Waals surface area contributed by atoms with Crippen LogP contribution in [0.1, 0.15) is 37.9 Å². The predicted octanol–water partition coefficient (Wildman–Crippen LogP) is 2.40. The normalized spacial score (nSPS) is 23.1. The fourth-order valence-electron chi connectivity index (χ4n) is 3.13. The fourth-order valence-corrected chi connectivity index (χ4v) is 3.13. The van der Waals surface area contributed by atoms with Gasteiger partial charge in [0.05, 0.1) is 25.1 Å². The number of nitrogens with zero attached hydrogens (tertiary/aromatic N) is 1. The van der Waals surface area contributed by atoms with E-state index in [2.05, 4.69) is 0 Å². The van der Waals surface area contributed by atoms with Gasteiger partial charge in [0.25, 0.3) is 0 Å². The van der Waals surface area contributed by atoms with E-state index in [1.165, 1.54) is 0 Å². The molecule has 2 saturated heterocycles. The van der Waals surface area contributed by atoms with Gasteiger partial charge in [0.1, 0.15) is 5.76 Å². The molecule has 3 rings (SSSR count). The number of amides is 1. The van der Waals surface area contributed by atoms with E-state index in [9.17, 15) is 4.79 Å². The maximum Gasteiger partial charge on any atom is 0.223 e. The number of aryl methyl sites for hydroxylation is 1. The molecule has 1 unspecified atom stereocenters. The van der Waals surface area contributed by atoms with Crippen LogP contribution in [0.15, 0.2) is 22.8 Å². The average Bonchev–Trinajstić information content (AvgIpc) is 3.24. The molecule has 0 spiro atoms. The molecular weight excluding hydrogens is 282 g/mol. The molecule has 2 fully saturated rings. The summed E-state index contributed by atoms with van der Waals surface area (Å²) in [5, 5.41) is 0. The smallest absolute Gasteiger partial charge is 0.223 e. The second kappa shape index (κ2) is 7.79. The third kappa shape index (κ3) is 4.34. The van der Waals surface area contributed by atoms with Crippen molar-refractivity contribution in [1.29, 1.82) is 0 Å². The van der Waals surface area contributed by atoms with Crippen LogP contribution in [0, 0.1) is 0 Å². The molecule has 5 nitrogen and oxygen atoms in total. The van der Waals surface area contributed by atoms with Crippen LogP contribution in [0.5, 0.6) is 0 Å². The fraction of sp³-hybridized carbons (Fsp3) is 0.706. The van der Waals surface area contributed by atoms with E-state index in [1.807, 2.05) is 17.0 Å². The largest absolute Gasteiger partial charge is 0.469 e. The van der Waals surface area contributed by atoms with Crippen molar-refractivity contribution < 1.29 is 18.7 Å². The predicted molar refractivity (Wildman–Crippen MR) is 81.6 cm³/mol. The number of furan rings is 1. The first-order chi connectivity index (χ1) is 10.8. The van der Waals surface area contributed by atoms with E-state index in [4.69, 9.17) is 13.9 Å². The van der Waals surface area contributed by atoms with E-state index in [0.717, 1.165) is 51.1 Å². The minimum atomic E-state index is 0.217. The standard InChI is InChI=1S/C17H25NO4/c19-17(6-5-14-3-1-11-20-14)18-9-7-15(8-10-18)22-13-16-4-2-12-21-16/h1,3,11,15-16H,2,4-10,12-13H2. The Morgan fingerprint density at radius 1 is 1.32 bits per heavy atom. The lowest BCUT2D eigenvalue weighted by Crippen LogP contribution is -2.41. The summed E-state index contributed by atoms with van der Waals surface area (Å²) < 4.78 is 16.8. The van der Waals surface area contributed by atoms with Crippen LogP contribution in [-0.2, 0) is 20.7 Å². The Morgan fingerprint density at radius 2 is 2.18 bits per heavy atom. The number of rotatable bonds is 6. The van der Waals surface area contributed by atoms with Crippen molar-refractivity contribution in [1.82, 2.24) is 4.90 Å². The summed E-state index contributed by atoms with van der Waals surface area (Å²) in [6, 6.07) is 3.77.